The Labute approximate surface area is 177 Å². The fourth-order valence-corrected chi connectivity index (χ4v) is 4.93. The standard InChI is InChI=1S/C24H31FN2O3/c1-16-10-12-18(13-11-16)26-23(28)15-27-20-8-4-5-9-21(20)30-22(24(27)29)14-17-6-2-3-7-19(17)25/h2-3,6-7,14,16,18,20-21H,4-5,8-13,15H2,1H3,(H,26,28)/b22-14-. The number of nitrogens with one attached hydrogen (secondary N) is 1. The maximum Gasteiger partial charge on any atom is 0.289 e. The molecule has 6 heteroatoms. The number of benzene rings is 1. The lowest BCUT2D eigenvalue weighted by atomic mass is 9.87. The van der Waals surface area contributed by atoms with Crippen LogP contribution >= 0.6 is 0 Å². The molecule has 1 aliphatic heterocycles. The lowest BCUT2D eigenvalue weighted by molar-refractivity contribution is -0.152. The van der Waals surface area contributed by atoms with Gasteiger partial charge < -0.3 is 15.0 Å². The smallest absolute Gasteiger partial charge is 0.289 e. The maximum atomic E-state index is 14.1. The second-order valence-electron chi connectivity index (χ2n) is 9.00. The summed E-state index contributed by atoms with van der Waals surface area (Å²) in [6.07, 6.45) is 9.29. The highest BCUT2D eigenvalue weighted by atomic mass is 19.1. The molecule has 2 atom stereocenters. The van der Waals surface area contributed by atoms with E-state index < -0.39 is 5.82 Å². The van der Waals surface area contributed by atoms with Crippen molar-refractivity contribution in [3.05, 3.63) is 41.4 Å². The van der Waals surface area contributed by atoms with E-state index in [2.05, 4.69) is 12.2 Å². The highest BCUT2D eigenvalue weighted by Gasteiger charge is 2.42. The monoisotopic (exact) mass is 414 g/mol. The van der Waals surface area contributed by atoms with Crippen LogP contribution in [0, 0.1) is 11.7 Å². The van der Waals surface area contributed by atoms with Crippen LogP contribution in [0.1, 0.15) is 63.9 Å². The van der Waals surface area contributed by atoms with Crippen molar-refractivity contribution in [1.82, 2.24) is 10.2 Å². The lowest BCUT2D eigenvalue weighted by Gasteiger charge is -2.44. The van der Waals surface area contributed by atoms with Crippen molar-refractivity contribution in [3.8, 4) is 0 Å². The summed E-state index contributed by atoms with van der Waals surface area (Å²) in [6.45, 7) is 2.28. The van der Waals surface area contributed by atoms with E-state index in [0.717, 1.165) is 51.4 Å². The van der Waals surface area contributed by atoms with Gasteiger partial charge in [-0.25, -0.2) is 4.39 Å². The Bertz CT molecular complexity index is 816. The van der Waals surface area contributed by atoms with Crippen LogP contribution in [0.4, 0.5) is 4.39 Å². The molecule has 0 aromatic heterocycles. The molecule has 3 fully saturated rings. The van der Waals surface area contributed by atoms with Crippen LogP contribution in [0.25, 0.3) is 6.08 Å². The molecule has 1 saturated heterocycles. The molecule has 2 aliphatic carbocycles. The van der Waals surface area contributed by atoms with Gasteiger partial charge in [0.2, 0.25) is 5.91 Å². The number of fused-ring (bicyclic) bond motifs is 1. The van der Waals surface area contributed by atoms with Gasteiger partial charge in [0.15, 0.2) is 5.76 Å². The minimum atomic E-state index is -0.400. The number of rotatable bonds is 4. The molecule has 1 aromatic rings. The second-order valence-corrected chi connectivity index (χ2v) is 9.00. The van der Waals surface area contributed by atoms with Crippen LogP contribution in [0.15, 0.2) is 30.0 Å². The first-order chi connectivity index (χ1) is 14.5. The van der Waals surface area contributed by atoms with Gasteiger partial charge in [-0.1, -0.05) is 31.5 Å². The largest absolute Gasteiger partial charge is 0.482 e. The predicted molar refractivity (Wildman–Crippen MR) is 113 cm³/mol. The Hall–Kier alpha value is -2.37. The van der Waals surface area contributed by atoms with Crippen LogP contribution in [0.2, 0.25) is 0 Å². The van der Waals surface area contributed by atoms with Crippen molar-refractivity contribution in [1.29, 1.82) is 0 Å². The molecule has 2 saturated carbocycles. The molecule has 2 unspecified atom stereocenters. The van der Waals surface area contributed by atoms with E-state index in [0.29, 0.717) is 11.5 Å². The van der Waals surface area contributed by atoms with Crippen LogP contribution in [-0.4, -0.2) is 41.4 Å². The van der Waals surface area contributed by atoms with Gasteiger partial charge in [-0.15, -0.1) is 0 Å². The summed E-state index contributed by atoms with van der Waals surface area (Å²) < 4.78 is 20.1. The molecule has 30 heavy (non-hydrogen) atoms. The van der Waals surface area contributed by atoms with Gasteiger partial charge >= 0.3 is 0 Å². The minimum Gasteiger partial charge on any atom is -0.482 e. The number of hydrogen-bond acceptors (Lipinski definition) is 3. The Morgan fingerprint density at radius 3 is 2.67 bits per heavy atom. The topological polar surface area (TPSA) is 58.6 Å². The third kappa shape index (κ3) is 4.68. The van der Waals surface area contributed by atoms with Gasteiger partial charge in [0.1, 0.15) is 18.5 Å². The lowest BCUT2D eigenvalue weighted by Crippen LogP contribution is -2.57. The summed E-state index contributed by atoms with van der Waals surface area (Å²) in [5, 5.41) is 3.12. The summed E-state index contributed by atoms with van der Waals surface area (Å²) in [7, 11) is 0. The van der Waals surface area contributed by atoms with E-state index >= 15 is 0 Å². The van der Waals surface area contributed by atoms with Gasteiger partial charge in [0, 0.05) is 11.6 Å². The average molecular weight is 415 g/mol. The number of nitrogens with zero attached hydrogens (tertiary/aromatic N) is 1. The van der Waals surface area contributed by atoms with Gasteiger partial charge in [-0.2, -0.15) is 0 Å². The van der Waals surface area contributed by atoms with Crippen molar-refractivity contribution in [3.63, 3.8) is 0 Å². The van der Waals surface area contributed by atoms with E-state index in [4.69, 9.17) is 4.74 Å². The molecule has 1 heterocycles. The molecule has 3 aliphatic rings. The average Bonchev–Trinajstić information content (AvgIpc) is 2.74. The SMILES string of the molecule is CC1CCC(NC(=O)CN2C(=O)/C(=C/c3ccccc3F)OC3CCCCC32)CC1. The molecule has 1 aromatic carbocycles. The molecule has 2 amide bonds. The number of morpholine rings is 1. The summed E-state index contributed by atoms with van der Waals surface area (Å²) >= 11 is 0. The number of ether oxygens (including phenoxy) is 1. The Balaban J connectivity index is 1.50. The molecule has 0 radical (unpaired) electrons. The summed E-state index contributed by atoms with van der Waals surface area (Å²) in [5.41, 5.74) is 0.316. The fraction of sp³-hybridized carbons (Fsp3) is 0.583. The molecule has 5 nitrogen and oxygen atoms in total. The number of carbonyl (C=O) groups is 2. The Morgan fingerprint density at radius 1 is 1.17 bits per heavy atom. The van der Waals surface area contributed by atoms with Gasteiger partial charge in [-0.3, -0.25) is 9.59 Å². The summed E-state index contributed by atoms with van der Waals surface area (Å²) in [5.74, 6) is 0.00626. The van der Waals surface area contributed by atoms with E-state index in [1.165, 1.54) is 12.1 Å². The molecular weight excluding hydrogens is 383 g/mol. The first-order valence-corrected chi connectivity index (χ1v) is 11.2. The normalized spacial score (nSPS) is 30.5. The van der Waals surface area contributed by atoms with Crippen molar-refractivity contribution in [2.45, 2.75) is 76.5 Å². The van der Waals surface area contributed by atoms with E-state index in [-0.39, 0.29) is 42.3 Å². The zero-order valence-corrected chi connectivity index (χ0v) is 17.6. The highest BCUT2D eigenvalue weighted by molar-refractivity contribution is 5.98. The molecule has 4 rings (SSSR count). The van der Waals surface area contributed by atoms with Crippen molar-refractivity contribution >= 4 is 17.9 Å². The Morgan fingerprint density at radius 2 is 1.90 bits per heavy atom. The highest BCUT2D eigenvalue weighted by Crippen LogP contribution is 2.33. The van der Waals surface area contributed by atoms with E-state index in [1.807, 2.05) is 0 Å². The molecule has 1 N–H and O–H groups in total. The first-order valence-electron chi connectivity index (χ1n) is 11.2. The number of halogens is 1. The van der Waals surface area contributed by atoms with Crippen LogP contribution in [-0.2, 0) is 14.3 Å². The van der Waals surface area contributed by atoms with Crippen molar-refractivity contribution in [2.75, 3.05) is 6.54 Å². The number of amides is 2. The zero-order chi connectivity index (χ0) is 21.1. The fourth-order valence-electron chi connectivity index (χ4n) is 4.93. The quantitative estimate of drug-likeness (QED) is 0.757. The summed E-state index contributed by atoms with van der Waals surface area (Å²) in [6, 6.07) is 6.41. The van der Waals surface area contributed by atoms with E-state index in [9.17, 15) is 14.0 Å². The molecule has 0 bridgehead atoms. The second kappa shape index (κ2) is 9.19. The zero-order valence-electron chi connectivity index (χ0n) is 17.6. The predicted octanol–water partition coefficient (Wildman–Crippen LogP) is 4.03. The van der Waals surface area contributed by atoms with Crippen molar-refractivity contribution < 1.29 is 18.7 Å². The number of carbonyl (C=O) groups excluding carboxylic acids is 2. The summed E-state index contributed by atoms with van der Waals surface area (Å²) in [4.78, 5) is 27.6. The van der Waals surface area contributed by atoms with Crippen molar-refractivity contribution in [2.24, 2.45) is 5.92 Å². The van der Waals surface area contributed by atoms with Crippen LogP contribution < -0.4 is 5.32 Å². The van der Waals surface area contributed by atoms with E-state index in [1.54, 1.807) is 23.1 Å². The van der Waals surface area contributed by atoms with Gasteiger partial charge in [-0.05, 0) is 63.0 Å². The van der Waals surface area contributed by atoms with Gasteiger partial charge in [0.05, 0.1) is 6.04 Å². The first kappa shape index (κ1) is 20.9. The maximum absolute atomic E-state index is 14.1. The third-order valence-electron chi connectivity index (χ3n) is 6.70. The van der Waals surface area contributed by atoms with Crippen LogP contribution in [0.3, 0.4) is 0 Å². The minimum absolute atomic E-state index is 0.0318. The van der Waals surface area contributed by atoms with Crippen LogP contribution in [0.5, 0.6) is 0 Å². The molecular formula is C24H31FN2O3. The molecule has 0 spiro atoms. The van der Waals surface area contributed by atoms with Gasteiger partial charge in [0.25, 0.3) is 5.91 Å². The number of hydrogen-bond donors (Lipinski definition) is 1. The third-order valence-corrected chi connectivity index (χ3v) is 6.70. The molecule has 162 valence electrons. The Kier molecular flexibility index (Phi) is 6.40.